The van der Waals surface area contributed by atoms with Crippen LogP contribution in [-0.2, 0) is 20.6 Å². The molecule has 10 aliphatic carbocycles. The van der Waals surface area contributed by atoms with Gasteiger partial charge in [-0.25, -0.2) is 0 Å². The van der Waals surface area contributed by atoms with Gasteiger partial charge < -0.3 is 20.6 Å². The van der Waals surface area contributed by atoms with Gasteiger partial charge in [0, 0.05) is 11.1 Å². The monoisotopic (exact) mass is 1000 g/mol. The minimum atomic E-state index is -3.39. The van der Waals surface area contributed by atoms with Gasteiger partial charge in [0.1, 0.15) is 0 Å². The lowest BCUT2D eigenvalue weighted by atomic mass is 9.91. The average Bonchev–Trinajstić information content (AvgIpc) is 4.17. The molecule has 66 heavy (non-hydrogen) atoms. The summed E-state index contributed by atoms with van der Waals surface area (Å²) in [5.41, 5.74) is 1.97. The van der Waals surface area contributed by atoms with Crippen LogP contribution >= 0.6 is 0 Å². The Morgan fingerprint density at radius 2 is 0.758 bits per heavy atom. The van der Waals surface area contributed by atoms with Crippen LogP contribution in [0.1, 0.15) is 141 Å². The summed E-state index contributed by atoms with van der Waals surface area (Å²) in [5, 5.41) is 0. The standard InChI is InChI=1S/C55H94O5Si6/c1-61(2,29-25-50-37-42-17-21-46(50)33-42)56-65(54-13-9-7-10-14-54)58-63(5,31-27-52-39-44-19-23-48(52)35-44)41-64(6,32-28-53-40-45-20-24-49(53)36-45)59-66(60-65,55-15-11-8-12-16-55)57-62(3,4)30-26-51-38-43-18-22-47(51)34-43/h17-24,42-55H,7-16,25-41H2,1-6H3. The first-order valence-electron chi connectivity index (χ1n) is 28.9. The first kappa shape index (κ1) is 48.3. The third kappa shape index (κ3) is 10.5. The van der Waals surface area contributed by atoms with E-state index in [-0.39, 0.29) is 0 Å². The molecule has 0 radical (unpaired) electrons. The lowest BCUT2D eigenvalue weighted by Crippen LogP contribution is -2.74. The second-order valence-corrected chi connectivity index (χ2v) is 51.7. The molecule has 6 saturated carbocycles. The number of hydrogen-bond acceptors (Lipinski definition) is 5. The molecule has 368 valence electrons. The van der Waals surface area contributed by atoms with Crippen molar-refractivity contribution in [3.05, 3.63) is 48.6 Å². The van der Waals surface area contributed by atoms with Crippen molar-refractivity contribution >= 4 is 50.9 Å². The van der Waals surface area contributed by atoms with Crippen LogP contribution in [0.25, 0.3) is 0 Å². The summed E-state index contributed by atoms with van der Waals surface area (Å²) >= 11 is 0. The van der Waals surface area contributed by atoms with Crippen molar-refractivity contribution < 1.29 is 20.6 Å². The third-order valence-electron chi connectivity index (χ3n) is 20.8. The average molecular weight is 1000 g/mol. The topological polar surface area (TPSA) is 46.2 Å². The predicted octanol–water partition coefficient (Wildman–Crippen LogP) is 16.1. The molecule has 0 aromatic heterocycles. The molecule has 1 aliphatic heterocycles. The Bertz CT molecular complexity index is 1720. The molecule has 1 heterocycles. The van der Waals surface area contributed by atoms with Crippen LogP contribution in [0.2, 0.25) is 80.2 Å². The van der Waals surface area contributed by atoms with E-state index >= 15 is 0 Å². The molecule has 11 aliphatic rings. The van der Waals surface area contributed by atoms with E-state index < -0.39 is 50.9 Å². The SMILES string of the molecule is C[Si](C)(CCC1CC2C=CC1C2)O[Si]1(C2CCCCC2)O[Si](C)(CCC2CC3C=CC2C3)C[Si](C)(CCC2CC3C=CC2C3)O[Si](O[Si](C)(C)CCC2CC3C=CC2C3)(C2CCCCC2)O1. The minimum Gasteiger partial charge on any atom is -0.416 e. The van der Waals surface area contributed by atoms with E-state index in [0.29, 0.717) is 11.1 Å². The Morgan fingerprint density at radius 3 is 1.06 bits per heavy atom. The summed E-state index contributed by atoms with van der Waals surface area (Å²) < 4.78 is 43.0. The first-order valence-corrected chi connectivity index (χ1v) is 44.4. The van der Waals surface area contributed by atoms with Crippen molar-refractivity contribution in [2.45, 2.75) is 221 Å². The first-order chi connectivity index (χ1) is 31.6. The summed E-state index contributed by atoms with van der Waals surface area (Å²) in [4.78, 5) is 0. The molecule has 8 bridgehead atoms. The third-order valence-corrected chi connectivity index (χ3v) is 50.9. The lowest BCUT2D eigenvalue weighted by Gasteiger charge is -2.57. The highest BCUT2D eigenvalue weighted by molar-refractivity contribution is 7.01. The van der Waals surface area contributed by atoms with E-state index in [1.54, 1.807) is 0 Å². The maximum Gasteiger partial charge on any atom is 0.475 e. The largest absolute Gasteiger partial charge is 0.475 e. The molecule has 11 heteroatoms. The molecule has 0 aromatic rings. The van der Waals surface area contributed by atoms with Crippen molar-refractivity contribution in [1.82, 2.24) is 0 Å². The minimum absolute atomic E-state index is 0.376. The molecule has 0 amide bonds. The number of rotatable bonds is 18. The molecule has 1 saturated heterocycles. The summed E-state index contributed by atoms with van der Waals surface area (Å²) in [7, 11) is -16.2. The van der Waals surface area contributed by atoms with Crippen LogP contribution in [0.15, 0.2) is 48.6 Å². The fourth-order valence-electron chi connectivity index (χ4n) is 17.4. The lowest BCUT2D eigenvalue weighted by molar-refractivity contribution is 0.134. The van der Waals surface area contributed by atoms with E-state index in [4.69, 9.17) is 20.6 Å². The normalized spacial score (nSPS) is 46.4. The van der Waals surface area contributed by atoms with Crippen molar-refractivity contribution in [2.24, 2.45) is 71.0 Å². The fourth-order valence-corrected chi connectivity index (χ4v) is 55.5. The molecule has 0 N–H and O–H groups in total. The number of fused-ring (bicyclic) bond motifs is 8. The van der Waals surface area contributed by atoms with Crippen molar-refractivity contribution in [1.29, 1.82) is 0 Å². The Balaban J connectivity index is 0.976. The van der Waals surface area contributed by atoms with Gasteiger partial charge in [-0.2, -0.15) is 0 Å². The Kier molecular flexibility index (Phi) is 14.0. The second-order valence-electron chi connectivity index (χ2n) is 27.3. The molecule has 0 aromatic carbocycles. The second kappa shape index (κ2) is 19.2. The fraction of sp³-hybridized carbons (Fsp3) is 0.855. The molecular formula is C55H94O5Si6. The summed E-state index contributed by atoms with van der Waals surface area (Å²) in [5.74, 6) is 9.74. The molecule has 5 nitrogen and oxygen atoms in total. The number of allylic oxidation sites excluding steroid dienone is 8. The van der Waals surface area contributed by atoms with Gasteiger partial charge in [0.05, 0.1) is 0 Å². The van der Waals surface area contributed by atoms with Gasteiger partial charge in [0.25, 0.3) is 0 Å². The van der Waals surface area contributed by atoms with Crippen molar-refractivity contribution in [3.8, 4) is 0 Å². The van der Waals surface area contributed by atoms with E-state index in [2.05, 4.69) is 87.9 Å². The van der Waals surface area contributed by atoms with Gasteiger partial charge in [0.2, 0.25) is 0 Å². The quantitative estimate of drug-likeness (QED) is 0.101. The van der Waals surface area contributed by atoms with Gasteiger partial charge in [-0.3, -0.25) is 0 Å². The van der Waals surface area contributed by atoms with E-state index in [9.17, 15) is 0 Å². The maximum absolute atomic E-state index is 8.78. The van der Waals surface area contributed by atoms with Crippen LogP contribution in [0, 0.1) is 71.0 Å². The molecular weight excluding hydrogens is 909 g/mol. The molecule has 0 spiro atoms. The predicted molar refractivity (Wildman–Crippen MR) is 287 cm³/mol. The van der Waals surface area contributed by atoms with Crippen molar-refractivity contribution in [3.63, 3.8) is 0 Å². The van der Waals surface area contributed by atoms with Crippen LogP contribution in [-0.4, -0.2) is 50.9 Å². The summed E-state index contributed by atoms with van der Waals surface area (Å²) in [6.07, 6.45) is 49.6. The summed E-state index contributed by atoms with van der Waals surface area (Å²) in [6.45, 7) is 15.8. The molecule has 11 rings (SSSR count). The van der Waals surface area contributed by atoms with E-state index in [1.165, 1.54) is 171 Å². The molecule has 16 atom stereocenters. The van der Waals surface area contributed by atoms with Gasteiger partial charge in [0.15, 0.2) is 33.3 Å². The zero-order valence-corrected chi connectivity index (χ0v) is 48.8. The van der Waals surface area contributed by atoms with Gasteiger partial charge >= 0.3 is 17.6 Å². The highest BCUT2D eigenvalue weighted by Gasteiger charge is 2.69. The van der Waals surface area contributed by atoms with Crippen LogP contribution in [0.5, 0.6) is 0 Å². The molecule has 7 fully saturated rings. The number of hydrogen-bond donors (Lipinski definition) is 0. The highest BCUT2D eigenvalue weighted by Crippen LogP contribution is 2.56. The van der Waals surface area contributed by atoms with Gasteiger partial charge in [-0.05, 0) is 217 Å². The van der Waals surface area contributed by atoms with Crippen LogP contribution in [0.3, 0.4) is 0 Å². The Hall–Kier alpha value is 0.0613. The van der Waals surface area contributed by atoms with Crippen molar-refractivity contribution in [2.75, 3.05) is 0 Å². The Morgan fingerprint density at radius 1 is 0.424 bits per heavy atom. The zero-order chi connectivity index (χ0) is 45.4. The van der Waals surface area contributed by atoms with Gasteiger partial charge in [-0.15, -0.1) is 0 Å². The van der Waals surface area contributed by atoms with E-state index in [1.807, 2.05) is 0 Å². The smallest absolute Gasteiger partial charge is 0.416 e. The van der Waals surface area contributed by atoms with Crippen LogP contribution in [0.4, 0.5) is 0 Å². The summed E-state index contributed by atoms with van der Waals surface area (Å²) in [6, 6.07) is 4.95. The van der Waals surface area contributed by atoms with Crippen LogP contribution < -0.4 is 0 Å². The maximum atomic E-state index is 8.78. The van der Waals surface area contributed by atoms with Gasteiger partial charge in [-0.1, -0.05) is 113 Å². The Labute approximate surface area is 410 Å². The zero-order valence-electron chi connectivity index (χ0n) is 42.8. The highest BCUT2D eigenvalue weighted by atomic mass is 28.6. The molecule has 16 unspecified atom stereocenters. The van der Waals surface area contributed by atoms with E-state index in [0.717, 1.165) is 71.0 Å².